The van der Waals surface area contributed by atoms with Gasteiger partial charge in [-0.2, -0.15) is 13.2 Å². The van der Waals surface area contributed by atoms with Crippen LogP contribution in [-0.2, 0) is 16.1 Å². The third-order valence-electron chi connectivity index (χ3n) is 5.76. The van der Waals surface area contributed by atoms with E-state index in [-0.39, 0.29) is 6.61 Å². The number of carbonyl (C=O) groups is 1. The van der Waals surface area contributed by atoms with Gasteiger partial charge in [-0.25, -0.2) is 0 Å². The van der Waals surface area contributed by atoms with Crippen LogP contribution >= 0.6 is 34.2 Å². The van der Waals surface area contributed by atoms with Crippen molar-refractivity contribution in [3.8, 4) is 11.1 Å². The van der Waals surface area contributed by atoms with Crippen molar-refractivity contribution in [2.24, 2.45) is 17.3 Å². The van der Waals surface area contributed by atoms with E-state index in [9.17, 15) is 18.0 Å². The molecule has 3 atom stereocenters. The summed E-state index contributed by atoms with van der Waals surface area (Å²) in [4.78, 5) is 12.7. The maximum Gasteiger partial charge on any atom is 0.426 e. The largest absolute Gasteiger partial charge is 0.461 e. The summed E-state index contributed by atoms with van der Waals surface area (Å²) in [5.41, 5.74) is 3.38. The Bertz CT molecular complexity index is 959. The monoisotopic (exact) mass is 548 g/mol. The topological polar surface area (TPSA) is 26.3 Å². The SMILES string of the molecule is Cc1c(COC(=O)C2C(/C=C(\Cl)C(F)(F)F)C2(C)CI)cccc1-c1ccccc1. The summed E-state index contributed by atoms with van der Waals surface area (Å²) in [5.74, 6) is -1.72. The number of alkyl halides is 4. The molecule has 0 amide bonds. The zero-order valence-corrected chi connectivity index (χ0v) is 19.4. The average Bonchev–Trinajstić information content (AvgIpc) is 3.31. The predicted octanol–water partition coefficient (Wildman–Crippen LogP) is 7.08. The number of carbonyl (C=O) groups excluding carboxylic acids is 1. The third-order valence-corrected chi connectivity index (χ3v) is 7.75. The van der Waals surface area contributed by atoms with Gasteiger partial charge in [-0.3, -0.25) is 4.79 Å². The number of hydrogen-bond donors (Lipinski definition) is 0. The Hall–Kier alpha value is -1.54. The van der Waals surface area contributed by atoms with Gasteiger partial charge in [-0.15, -0.1) is 0 Å². The Morgan fingerprint density at radius 1 is 1.20 bits per heavy atom. The van der Waals surface area contributed by atoms with E-state index in [1.165, 1.54) is 0 Å². The van der Waals surface area contributed by atoms with Crippen LogP contribution in [-0.4, -0.2) is 16.6 Å². The molecule has 30 heavy (non-hydrogen) atoms. The van der Waals surface area contributed by atoms with Gasteiger partial charge in [0.1, 0.15) is 11.6 Å². The van der Waals surface area contributed by atoms with Gasteiger partial charge in [0.2, 0.25) is 0 Å². The summed E-state index contributed by atoms with van der Waals surface area (Å²) in [7, 11) is 0. The molecule has 0 radical (unpaired) electrons. The minimum atomic E-state index is -4.61. The lowest BCUT2D eigenvalue weighted by molar-refractivity contribution is -0.147. The highest BCUT2D eigenvalue weighted by Crippen LogP contribution is 2.61. The molecule has 0 saturated heterocycles. The first-order valence-corrected chi connectivity index (χ1v) is 11.3. The highest BCUT2D eigenvalue weighted by atomic mass is 127. The molecule has 1 fully saturated rings. The number of allylic oxidation sites excluding steroid dienone is 2. The van der Waals surface area contributed by atoms with E-state index in [1.807, 2.05) is 55.5 Å². The second-order valence-electron chi connectivity index (χ2n) is 7.72. The third kappa shape index (κ3) is 4.69. The molecule has 0 N–H and O–H groups in total. The molecule has 0 spiro atoms. The van der Waals surface area contributed by atoms with Crippen LogP contribution in [0.1, 0.15) is 18.1 Å². The maximum atomic E-state index is 12.8. The first kappa shape index (κ1) is 23.1. The standard InChI is InChI=1S/C23H21ClF3IO2/c1-14-16(9-6-10-17(14)15-7-4-3-5-8-15)12-30-21(29)20-18(22(20,2)13-28)11-19(24)23(25,26)27/h3-11,18,20H,12-13H2,1-2H3/b19-11-. The summed E-state index contributed by atoms with van der Waals surface area (Å²) in [6.45, 7) is 3.82. The second kappa shape index (κ2) is 8.91. The van der Waals surface area contributed by atoms with Gasteiger partial charge < -0.3 is 4.74 Å². The smallest absolute Gasteiger partial charge is 0.426 e. The number of esters is 1. The van der Waals surface area contributed by atoms with Crippen molar-refractivity contribution in [1.82, 2.24) is 0 Å². The van der Waals surface area contributed by atoms with Crippen LogP contribution in [0.25, 0.3) is 11.1 Å². The van der Waals surface area contributed by atoms with Gasteiger partial charge in [-0.05, 0) is 40.5 Å². The number of rotatable bonds is 6. The Balaban J connectivity index is 1.73. The molecular weight excluding hydrogens is 528 g/mol. The lowest BCUT2D eigenvalue weighted by atomic mass is 9.97. The van der Waals surface area contributed by atoms with Gasteiger partial charge in [0, 0.05) is 4.43 Å². The molecule has 1 aliphatic carbocycles. The molecule has 2 aromatic rings. The lowest BCUT2D eigenvalue weighted by Gasteiger charge is -2.13. The quantitative estimate of drug-likeness (QED) is 0.219. The molecule has 1 saturated carbocycles. The van der Waals surface area contributed by atoms with E-state index in [4.69, 9.17) is 16.3 Å². The first-order valence-electron chi connectivity index (χ1n) is 9.40. The van der Waals surface area contributed by atoms with Gasteiger partial charge in [0.15, 0.2) is 0 Å². The maximum absolute atomic E-state index is 12.8. The molecule has 1 aliphatic rings. The Labute approximate surface area is 192 Å². The highest BCUT2D eigenvalue weighted by molar-refractivity contribution is 14.1. The van der Waals surface area contributed by atoms with Crippen LogP contribution in [0, 0.1) is 24.2 Å². The molecule has 7 heteroatoms. The van der Waals surface area contributed by atoms with Crippen LogP contribution in [0.15, 0.2) is 59.6 Å². The molecule has 0 aromatic heterocycles. The lowest BCUT2D eigenvalue weighted by Crippen LogP contribution is -2.13. The number of halogens is 5. The molecular formula is C23H21ClF3IO2. The fraction of sp³-hybridized carbons (Fsp3) is 0.348. The molecule has 0 aliphatic heterocycles. The van der Waals surface area contributed by atoms with Crippen LogP contribution in [0.2, 0.25) is 0 Å². The van der Waals surface area contributed by atoms with E-state index in [1.54, 1.807) is 6.92 Å². The van der Waals surface area contributed by atoms with Gasteiger partial charge in [0.25, 0.3) is 0 Å². The van der Waals surface area contributed by atoms with Crippen molar-refractivity contribution < 1.29 is 22.7 Å². The Morgan fingerprint density at radius 2 is 1.87 bits per heavy atom. The number of hydrogen-bond acceptors (Lipinski definition) is 2. The Morgan fingerprint density at radius 3 is 2.47 bits per heavy atom. The molecule has 160 valence electrons. The van der Waals surface area contributed by atoms with E-state index >= 15 is 0 Å². The van der Waals surface area contributed by atoms with E-state index < -0.39 is 34.4 Å². The second-order valence-corrected chi connectivity index (χ2v) is 8.89. The van der Waals surface area contributed by atoms with Crippen LogP contribution < -0.4 is 0 Å². The molecule has 2 aromatic carbocycles. The van der Waals surface area contributed by atoms with Gasteiger partial charge in [0.05, 0.1) is 5.92 Å². The first-order chi connectivity index (χ1) is 14.1. The molecule has 3 rings (SSSR count). The van der Waals surface area contributed by atoms with Crippen molar-refractivity contribution >= 4 is 40.2 Å². The van der Waals surface area contributed by atoms with Gasteiger partial charge in [-0.1, -0.05) is 95.7 Å². The number of benzene rings is 2. The number of ether oxygens (including phenoxy) is 1. The van der Waals surface area contributed by atoms with Gasteiger partial charge >= 0.3 is 12.1 Å². The van der Waals surface area contributed by atoms with Crippen molar-refractivity contribution in [2.75, 3.05) is 4.43 Å². The minimum absolute atomic E-state index is 0.0720. The van der Waals surface area contributed by atoms with E-state index in [0.717, 1.165) is 28.3 Å². The van der Waals surface area contributed by atoms with E-state index in [0.29, 0.717) is 4.43 Å². The normalized spacial score (nSPS) is 23.9. The summed E-state index contributed by atoms with van der Waals surface area (Å²) in [5, 5.41) is -1.19. The predicted molar refractivity (Wildman–Crippen MR) is 120 cm³/mol. The summed E-state index contributed by atoms with van der Waals surface area (Å²) < 4.78 is 44.4. The molecule has 3 unspecified atom stereocenters. The molecule has 2 nitrogen and oxygen atoms in total. The Kier molecular flexibility index (Phi) is 6.87. The van der Waals surface area contributed by atoms with E-state index in [2.05, 4.69) is 22.6 Å². The fourth-order valence-corrected chi connectivity index (χ4v) is 4.85. The summed E-state index contributed by atoms with van der Waals surface area (Å²) >= 11 is 7.48. The van der Waals surface area contributed by atoms with Crippen molar-refractivity contribution in [2.45, 2.75) is 26.6 Å². The van der Waals surface area contributed by atoms with Crippen molar-refractivity contribution in [3.63, 3.8) is 0 Å². The summed E-state index contributed by atoms with van der Waals surface area (Å²) in [6.07, 6.45) is -3.66. The van der Waals surface area contributed by atoms with Crippen LogP contribution in [0.4, 0.5) is 13.2 Å². The zero-order chi connectivity index (χ0) is 22.1. The molecule has 0 bridgehead atoms. The molecule has 0 heterocycles. The van der Waals surface area contributed by atoms with Crippen molar-refractivity contribution in [1.29, 1.82) is 0 Å². The highest BCUT2D eigenvalue weighted by Gasteiger charge is 2.64. The van der Waals surface area contributed by atoms with Crippen LogP contribution in [0.5, 0.6) is 0 Å². The fourth-order valence-electron chi connectivity index (χ4n) is 3.74. The minimum Gasteiger partial charge on any atom is -0.461 e. The average molecular weight is 549 g/mol. The van der Waals surface area contributed by atoms with Crippen molar-refractivity contribution in [3.05, 3.63) is 70.8 Å². The van der Waals surface area contributed by atoms with Crippen LogP contribution in [0.3, 0.4) is 0 Å². The zero-order valence-electron chi connectivity index (χ0n) is 16.5. The summed E-state index contributed by atoms with van der Waals surface area (Å²) in [6, 6.07) is 15.7.